The molecule has 0 saturated carbocycles. The molecule has 0 spiro atoms. The van der Waals surface area contributed by atoms with Crippen molar-refractivity contribution in [2.75, 3.05) is 30.8 Å². The van der Waals surface area contributed by atoms with Gasteiger partial charge in [0.05, 0.1) is 11.4 Å². The Labute approximate surface area is 109 Å². The van der Waals surface area contributed by atoms with Gasteiger partial charge in [-0.1, -0.05) is 13.8 Å². The number of carbonyl (C=O) groups excluding carboxylic acids is 1. The Morgan fingerprint density at radius 3 is 2.61 bits per heavy atom. The molecule has 4 heteroatoms. The summed E-state index contributed by atoms with van der Waals surface area (Å²) in [5.74, 6) is 0.463. The fraction of sp³-hybridized carbons (Fsp3) is 0.500. The zero-order valence-corrected chi connectivity index (χ0v) is 11.7. The van der Waals surface area contributed by atoms with Gasteiger partial charge in [-0.3, -0.25) is 4.79 Å². The van der Waals surface area contributed by atoms with Crippen LogP contribution in [-0.4, -0.2) is 26.0 Å². The molecule has 0 aliphatic carbocycles. The predicted octanol–water partition coefficient (Wildman–Crippen LogP) is 2.11. The van der Waals surface area contributed by atoms with Crippen LogP contribution in [0.4, 0.5) is 11.4 Å². The van der Waals surface area contributed by atoms with Gasteiger partial charge in [0.25, 0.3) is 5.91 Å². The molecule has 1 rings (SSSR count). The first-order chi connectivity index (χ1) is 8.49. The van der Waals surface area contributed by atoms with Gasteiger partial charge in [0.1, 0.15) is 0 Å². The van der Waals surface area contributed by atoms with E-state index in [1.807, 2.05) is 6.07 Å². The molecule has 4 nitrogen and oxygen atoms in total. The van der Waals surface area contributed by atoms with E-state index in [1.54, 1.807) is 19.2 Å². The Hall–Kier alpha value is -1.71. The number of nitrogen functional groups attached to an aromatic ring is 1. The minimum absolute atomic E-state index is 0.0862. The van der Waals surface area contributed by atoms with Crippen LogP contribution in [0.1, 0.15) is 31.1 Å². The van der Waals surface area contributed by atoms with Crippen LogP contribution in [0.15, 0.2) is 18.2 Å². The molecule has 0 saturated heterocycles. The van der Waals surface area contributed by atoms with E-state index in [9.17, 15) is 4.79 Å². The molecule has 0 bridgehead atoms. The number of hydrogen-bond donors (Lipinski definition) is 2. The molecule has 0 heterocycles. The summed E-state index contributed by atoms with van der Waals surface area (Å²) in [6.45, 7) is 8.23. The number of benzene rings is 1. The van der Waals surface area contributed by atoms with E-state index < -0.39 is 0 Å². The highest BCUT2D eigenvalue weighted by Crippen LogP contribution is 2.25. The number of nitrogens with zero attached hydrogens (tertiary/aromatic N) is 1. The van der Waals surface area contributed by atoms with Crippen molar-refractivity contribution in [2.45, 2.75) is 20.8 Å². The highest BCUT2D eigenvalue weighted by molar-refractivity contribution is 5.96. The van der Waals surface area contributed by atoms with E-state index in [0.717, 1.165) is 18.8 Å². The van der Waals surface area contributed by atoms with Crippen molar-refractivity contribution >= 4 is 17.3 Å². The largest absolute Gasteiger partial charge is 0.397 e. The summed E-state index contributed by atoms with van der Waals surface area (Å²) in [6, 6.07) is 5.41. The molecule has 1 amide bonds. The van der Waals surface area contributed by atoms with Crippen LogP contribution in [0.3, 0.4) is 0 Å². The summed E-state index contributed by atoms with van der Waals surface area (Å²) < 4.78 is 0. The molecule has 3 N–H and O–H groups in total. The third-order valence-electron chi connectivity index (χ3n) is 2.83. The summed E-state index contributed by atoms with van der Waals surface area (Å²) in [7, 11) is 1.63. The summed E-state index contributed by atoms with van der Waals surface area (Å²) in [6.07, 6.45) is 0. The fourth-order valence-corrected chi connectivity index (χ4v) is 1.94. The van der Waals surface area contributed by atoms with E-state index in [-0.39, 0.29) is 5.91 Å². The van der Waals surface area contributed by atoms with Gasteiger partial charge in [-0.25, -0.2) is 0 Å². The van der Waals surface area contributed by atoms with Crippen molar-refractivity contribution < 1.29 is 4.79 Å². The molecule has 0 fully saturated rings. The second kappa shape index (κ2) is 6.28. The number of anilines is 2. The summed E-state index contributed by atoms with van der Waals surface area (Å²) in [5, 5.41) is 2.63. The average Bonchev–Trinajstić information content (AvgIpc) is 2.35. The second-order valence-electron chi connectivity index (χ2n) is 4.79. The quantitative estimate of drug-likeness (QED) is 0.786. The lowest BCUT2D eigenvalue weighted by atomic mass is 10.1. The number of rotatable bonds is 5. The lowest BCUT2D eigenvalue weighted by molar-refractivity contribution is 0.0963. The first-order valence-corrected chi connectivity index (χ1v) is 6.36. The minimum atomic E-state index is -0.0862. The minimum Gasteiger partial charge on any atom is -0.397 e. The molecule has 100 valence electrons. The van der Waals surface area contributed by atoms with Gasteiger partial charge in [0.2, 0.25) is 0 Å². The first-order valence-electron chi connectivity index (χ1n) is 6.36. The Balaban J connectivity index is 3.08. The average molecular weight is 249 g/mol. The van der Waals surface area contributed by atoms with Crippen molar-refractivity contribution in [3.05, 3.63) is 23.8 Å². The highest BCUT2D eigenvalue weighted by atomic mass is 16.1. The number of nitrogens with two attached hydrogens (primary N) is 1. The summed E-state index contributed by atoms with van der Waals surface area (Å²) in [5.41, 5.74) is 8.30. The lowest BCUT2D eigenvalue weighted by Crippen LogP contribution is -2.28. The number of amides is 1. The third-order valence-corrected chi connectivity index (χ3v) is 2.83. The van der Waals surface area contributed by atoms with Crippen molar-refractivity contribution in [1.29, 1.82) is 0 Å². The molecule has 18 heavy (non-hydrogen) atoms. The molecule has 0 atom stereocenters. The van der Waals surface area contributed by atoms with E-state index in [1.165, 1.54) is 0 Å². The normalized spacial score (nSPS) is 10.5. The number of carbonyl (C=O) groups is 1. The van der Waals surface area contributed by atoms with E-state index in [2.05, 4.69) is 31.0 Å². The third kappa shape index (κ3) is 3.39. The SMILES string of the molecule is CCN(CC(C)C)c1cc(C(=O)NC)ccc1N. The molecule has 0 aliphatic heterocycles. The molecular weight excluding hydrogens is 226 g/mol. The maximum Gasteiger partial charge on any atom is 0.251 e. The Bertz CT molecular complexity index is 416. The fourth-order valence-electron chi connectivity index (χ4n) is 1.94. The van der Waals surface area contributed by atoms with Crippen LogP contribution < -0.4 is 16.0 Å². The van der Waals surface area contributed by atoms with Crippen LogP contribution in [0, 0.1) is 5.92 Å². The van der Waals surface area contributed by atoms with Gasteiger partial charge in [-0.05, 0) is 31.0 Å². The molecular formula is C14H23N3O. The van der Waals surface area contributed by atoms with Crippen LogP contribution >= 0.6 is 0 Å². The molecule has 1 aromatic rings. The standard InChI is InChI=1S/C14H23N3O/c1-5-17(9-10(2)3)13-8-11(14(18)16-4)6-7-12(13)15/h6-8,10H,5,9,15H2,1-4H3,(H,16,18). The van der Waals surface area contributed by atoms with Crippen LogP contribution in [-0.2, 0) is 0 Å². The van der Waals surface area contributed by atoms with Gasteiger partial charge in [-0.15, -0.1) is 0 Å². The first kappa shape index (κ1) is 14.4. The van der Waals surface area contributed by atoms with Gasteiger partial charge in [0, 0.05) is 25.7 Å². The monoisotopic (exact) mass is 249 g/mol. The van der Waals surface area contributed by atoms with Gasteiger partial charge >= 0.3 is 0 Å². The van der Waals surface area contributed by atoms with Gasteiger partial charge in [0.15, 0.2) is 0 Å². The van der Waals surface area contributed by atoms with Crippen molar-refractivity contribution in [3.63, 3.8) is 0 Å². The molecule has 0 aliphatic rings. The van der Waals surface area contributed by atoms with Gasteiger partial charge in [-0.2, -0.15) is 0 Å². The van der Waals surface area contributed by atoms with Gasteiger partial charge < -0.3 is 16.0 Å². The molecule has 0 aromatic heterocycles. The zero-order chi connectivity index (χ0) is 13.7. The Morgan fingerprint density at radius 2 is 2.11 bits per heavy atom. The number of nitrogens with one attached hydrogen (secondary N) is 1. The van der Waals surface area contributed by atoms with Crippen molar-refractivity contribution in [2.24, 2.45) is 5.92 Å². The second-order valence-corrected chi connectivity index (χ2v) is 4.79. The highest BCUT2D eigenvalue weighted by Gasteiger charge is 2.12. The van der Waals surface area contributed by atoms with Crippen LogP contribution in [0.5, 0.6) is 0 Å². The number of hydrogen-bond acceptors (Lipinski definition) is 3. The molecule has 0 radical (unpaired) electrons. The van der Waals surface area contributed by atoms with E-state index in [0.29, 0.717) is 17.2 Å². The molecule has 1 aromatic carbocycles. The predicted molar refractivity (Wildman–Crippen MR) is 77.0 cm³/mol. The van der Waals surface area contributed by atoms with E-state index >= 15 is 0 Å². The lowest BCUT2D eigenvalue weighted by Gasteiger charge is -2.26. The Kier molecular flexibility index (Phi) is 5.01. The van der Waals surface area contributed by atoms with Crippen molar-refractivity contribution in [3.8, 4) is 0 Å². The van der Waals surface area contributed by atoms with E-state index in [4.69, 9.17) is 5.73 Å². The van der Waals surface area contributed by atoms with Crippen LogP contribution in [0.2, 0.25) is 0 Å². The van der Waals surface area contributed by atoms with Crippen molar-refractivity contribution in [1.82, 2.24) is 5.32 Å². The summed E-state index contributed by atoms with van der Waals surface area (Å²) >= 11 is 0. The summed E-state index contributed by atoms with van der Waals surface area (Å²) in [4.78, 5) is 13.8. The smallest absolute Gasteiger partial charge is 0.251 e. The zero-order valence-electron chi connectivity index (χ0n) is 11.7. The maximum atomic E-state index is 11.6. The Morgan fingerprint density at radius 1 is 1.44 bits per heavy atom. The van der Waals surface area contributed by atoms with Crippen LogP contribution in [0.25, 0.3) is 0 Å². The molecule has 0 unspecified atom stereocenters. The maximum absolute atomic E-state index is 11.6. The topological polar surface area (TPSA) is 58.4 Å².